The molecule has 0 amide bonds. The Balaban J connectivity index is 1.56. The quantitative estimate of drug-likeness (QED) is 0.0224. The molecule has 0 bridgehead atoms. The van der Waals surface area contributed by atoms with Gasteiger partial charge in [-0.3, -0.25) is 9.59 Å². The van der Waals surface area contributed by atoms with Crippen molar-refractivity contribution in [3.8, 4) is 5.69 Å². The third-order valence-electron chi connectivity index (χ3n) is 9.48. The van der Waals surface area contributed by atoms with Gasteiger partial charge in [0.1, 0.15) is 6.61 Å². The van der Waals surface area contributed by atoms with E-state index in [0.29, 0.717) is 40.1 Å². The molecule has 0 spiro atoms. The van der Waals surface area contributed by atoms with E-state index in [0.717, 1.165) is 58.7 Å². The first kappa shape index (κ1) is 42.2. The minimum atomic E-state index is -3.76. The minimum Gasteiger partial charge on any atom is -0.465 e. The van der Waals surface area contributed by atoms with E-state index in [1.165, 1.54) is 45.4 Å². The highest BCUT2D eigenvalue weighted by atomic mass is 32.2. The van der Waals surface area contributed by atoms with Gasteiger partial charge in [0.05, 0.1) is 33.1 Å². The van der Waals surface area contributed by atoms with Gasteiger partial charge >= 0.3 is 17.9 Å². The number of hydrogen-bond acceptors (Lipinski definition) is 11. The molecular weight excluding hydrogens is 747 g/mol. The predicted octanol–water partition coefficient (Wildman–Crippen LogP) is 8.57. The number of carbonyl (C=O) groups excluding carboxylic acids is 4. The van der Waals surface area contributed by atoms with Crippen LogP contribution in [0, 0.1) is 6.92 Å². The Morgan fingerprint density at radius 1 is 0.667 bits per heavy atom. The van der Waals surface area contributed by atoms with Crippen LogP contribution in [-0.4, -0.2) is 60.5 Å². The summed E-state index contributed by atoms with van der Waals surface area (Å²) in [4.78, 5) is 58.3. The molecule has 4 aromatic carbocycles. The molecule has 0 N–H and O–H groups in total. The number of esters is 1. The largest absolute Gasteiger partial charge is 0.465 e. The lowest BCUT2D eigenvalue weighted by molar-refractivity contribution is -0.141. The van der Waals surface area contributed by atoms with Crippen LogP contribution >= 0.6 is 0 Å². The van der Waals surface area contributed by atoms with Gasteiger partial charge in [-0.05, 0) is 104 Å². The van der Waals surface area contributed by atoms with Crippen LogP contribution in [0.4, 0.5) is 0 Å². The van der Waals surface area contributed by atoms with E-state index in [1.807, 2.05) is 54.6 Å². The first-order chi connectivity index (χ1) is 27.2. The normalized spacial score (nSPS) is 12.2. The standard InChI is InChI=1S/C44H47N3O9S/c1-7-8-9-10-11-12-41(46-56-32(6)50)33-13-17-36(18-14-33)47-42-21-15-34(29(3)45-55-31(5)49)26-39(42)40-27-35(16-22-43(40)47)44(51)38-20-19-37(25-28(38)2)57(52,53)24-23-54-30(4)48/h13-22,25-27H,7-12,23-24H2,1-6H3/b45-29+,46-41-. The van der Waals surface area contributed by atoms with Gasteiger partial charge in [-0.25, -0.2) is 18.0 Å². The van der Waals surface area contributed by atoms with Crippen molar-refractivity contribution >= 4 is 66.8 Å². The second kappa shape index (κ2) is 18.8. The molecule has 0 aliphatic rings. The lowest BCUT2D eigenvalue weighted by Crippen LogP contribution is -2.15. The second-order valence-electron chi connectivity index (χ2n) is 13.9. The van der Waals surface area contributed by atoms with Gasteiger partial charge in [-0.2, -0.15) is 0 Å². The van der Waals surface area contributed by atoms with Crippen LogP contribution < -0.4 is 0 Å². The number of aryl methyl sites for hydroxylation is 1. The number of nitrogens with zero attached hydrogens (tertiary/aromatic N) is 3. The Kier molecular flexibility index (Phi) is 13.9. The number of ketones is 1. The van der Waals surface area contributed by atoms with E-state index >= 15 is 0 Å². The highest BCUT2D eigenvalue weighted by Crippen LogP contribution is 2.35. The average Bonchev–Trinajstić information content (AvgIpc) is 3.50. The van der Waals surface area contributed by atoms with Gasteiger partial charge in [0.2, 0.25) is 0 Å². The van der Waals surface area contributed by atoms with E-state index in [-0.39, 0.29) is 23.0 Å². The Labute approximate surface area is 332 Å². The number of rotatable bonds is 17. The number of carbonyl (C=O) groups is 4. The average molecular weight is 794 g/mol. The third kappa shape index (κ3) is 10.5. The van der Waals surface area contributed by atoms with Crippen molar-refractivity contribution in [2.45, 2.75) is 85.0 Å². The first-order valence-corrected chi connectivity index (χ1v) is 20.5. The van der Waals surface area contributed by atoms with Gasteiger partial charge < -0.3 is 19.0 Å². The van der Waals surface area contributed by atoms with E-state index in [2.05, 4.69) is 21.8 Å². The lowest BCUT2D eigenvalue weighted by atomic mass is 9.97. The molecule has 1 aromatic heterocycles. The van der Waals surface area contributed by atoms with Crippen LogP contribution in [0.25, 0.3) is 27.5 Å². The highest BCUT2D eigenvalue weighted by Gasteiger charge is 2.21. The molecule has 5 aromatic rings. The van der Waals surface area contributed by atoms with Gasteiger partial charge in [-0.15, -0.1) is 0 Å². The van der Waals surface area contributed by atoms with Gasteiger partial charge in [-0.1, -0.05) is 61.1 Å². The van der Waals surface area contributed by atoms with Crippen LogP contribution in [0.3, 0.4) is 0 Å². The fourth-order valence-corrected chi connectivity index (χ4v) is 7.74. The molecule has 13 heteroatoms. The van der Waals surface area contributed by atoms with Crippen molar-refractivity contribution in [3.63, 3.8) is 0 Å². The predicted molar refractivity (Wildman–Crippen MR) is 220 cm³/mol. The Morgan fingerprint density at radius 3 is 1.88 bits per heavy atom. The molecule has 0 atom stereocenters. The molecule has 5 rings (SSSR count). The minimum absolute atomic E-state index is 0.0308. The number of sulfone groups is 1. The summed E-state index contributed by atoms with van der Waals surface area (Å²) in [5, 5.41) is 9.75. The van der Waals surface area contributed by atoms with E-state index in [4.69, 9.17) is 14.4 Å². The summed E-state index contributed by atoms with van der Waals surface area (Å²) in [5.41, 5.74) is 6.43. The molecule has 0 saturated heterocycles. The van der Waals surface area contributed by atoms with Crippen LogP contribution in [0.15, 0.2) is 94.1 Å². The van der Waals surface area contributed by atoms with E-state index in [9.17, 15) is 27.6 Å². The number of oxime groups is 2. The van der Waals surface area contributed by atoms with Crippen molar-refractivity contribution in [2.75, 3.05) is 12.4 Å². The van der Waals surface area contributed by atoms with Crippen molar-refractivity contribution in [3.05, 3.63) is 107 Å². The van der Waals surface area contributed by atoms with Gasteiger partial charge in [0.25, 0.3) is 0 Å². The van der Waals surface area contributed by atoms with Crippen molar-refractivity contribution < 1.29 is 42.0 Å². The van der Waals surface area contributed by atoms with Crippen molar-refractivity contribution in [1.82, 2.24) is 4.57 Å². The molecule has 0 aliphatic carbocycles. The summed E-state index contributed by atoms with van der Waals surface area (Å²) in [7, 11) is -3.76. The summed E-state index contributed by atoms with van der Waals surface area (Å²) in [5.74, 6) is -2.26. The fraction of sp³-hybridized carbons (Fsp3) is 0.318. The summed E-state index contributed by atoms with van der Waals surface area (Å²) in [6, 6.07) is 23.4. The zero-order chi connectivity index (χ0) is 41.3. The van der Waals surface area contributed by atoms with Gasteiger partial charge in [0.15, 0.2) is 15.6 Å². The molecule has 1 heterocycles. The number of benzene rings is 4. The highest BCUT2D eigenvalue weighted by molar-refractivity contribution is 7.91. The lowest BCUT2D eigenvalue weighted by Gasteiger charge is -2.11. The van der Waals surface area contributed by atoms with Gasteiger partial charge in [0, 0.05) is 48.4 Å². The van der Waals surface area contributed by atoms with Crippen molar-refractivity contribution in [1.29, 1.82) is 0 Å². The Bertz CT molecular complexity index is 2500. The zero-order valence-electron chi connectivity index (χ0n) is 33.1. The fourth-order valence-electron chi connectivity index (χ4n) is 6.57. The summed E-state index contributed by atoms with van der Waals surface area (Å²) >= 11 is 0. The number of aromatic nitrogens is 1. The van der Waals surface area contributed by atoms with Crippen LogP contribution in [0.5, 0.6) is 0 Å². The zero-order valence-corrected chi connectivity index (χ0v) is 33.9. The molecular formula is C44H47N3O9S. The number of fused-ring (bicyclic) bond motifs is 3. The van der Waals surface area contributed by atoms with E-state index in [1.54, 1.807) is 19.9 Å². The molecule has 0 fully saturated rings. The van der Waals surface area contributed by atoms with Crippen LogP contribution in [-0.2, 0) is 38.6 Å². The molecule has 0 unspecified atom stereocenters. The first-order valence-electron chi connectivity index (χ1n) is 18.9. The van der Waals surface area contributed by atoms with Crippen LogP contribution in [0.2, 0.25) is 0 Å². The van der Waals surface area contributed by atoms with E-state index < -0.39 is 27.7 Å². The molecule has 0 saturated carbocycles. The number of hydrogen-bond donors (Lipinski definition) is 0. The molecule has 57 heavy (non-hydrogen) atoms. The third-order valence-corrected chi connectivity index (χ3v) is 11.2. The molecule has 298 valence electrons. The topological polar surface area (TPSA) is 160 Å². The number of ether oxygens (including phenoxy) is 1. The molecule has 0 aliphatic heterocycles. The number of unbranched alkanes of at least 4 members (excludes halogenated alkanes) is 4. The Morgan fingerprint density at radius 2 is 1.26 bits per heavy atom. The van der Waals surface area contributed by atoms with Crippen LogP contribution in [0.1, 0.15) is 106 Å². The SMILES string of the molecule is CCCCCCC/C(=N/OC(C)=O)c1ccc(-n2c3ccc(C(=O)c4ccc(S(=O)(=O)CCOC(C)=O)cc4C)cc3c3cc(/C(C)=N/OC(C)=O)ccc32)cc1. The summed E-state index contributed by atoms with van der Waals surface area (Å²) in [6.07, 6.45) is 6.07. The summed E-state index contributed by atoms with van der Waals surface area (Å²) in [6.45, 7) is 9.12. The maximum absolute atomic E-state index is 14.1. The Hall–Kier alpha value is -5.95. The molecule has 12 nitrogen and oxygen atoms in total. The monoisotopic (exact) mass is 793 g/mol. The smallest absolute Gasteiger partial charge is 0.331 e. The van der Waals surface area contributed by atoms with Crippen molar-refractivity contribution in [2.24, 2.45) is 10.3 Å². The maximum atomic E-state index is 14.1. The summed E-state index contributed by atoms with van der Waals surface area (Å²) < 4.78 is 32.7. The second-order valence-corrected chi connectivity index (χ2v) is 16.0. The molecule has 0 radical (unpaired) electrons. The maximum Gasteiger partial charge on any atom is 0.331 e.